The minimum Gasteiger partial charge on any atom is -0.280 e. The molecule has 6 heteroatoms. The Morgan fingerprint density at radius 2 is 1.80 bits per heavy atom. The fourth-order valence-electron chi connectivity index (χ4n) is 3.61. The summed E-state index contributed by atoms with van der Waals surface area (Å²) in [5.41, 5.74) is 1.76. The number of hydrogen-bond acceptors (Lipinski definition) is 4. The molecule has 4 rings (SSSR count). The molecule has 0 N–H and O–H groups in total. The Labute approximate surface area is 154 Å². The number of nitrogens with zero attached hydrogens (tertiary/aromatic N) is 2. The van der Waals surface area contributed by atoms with E-state index in [-0.39, 0.29) is 17.9 Å². The molecule has 0 saturated carbocycles. The zero-order valence-electron chi connectivity index (χ0n) is 13.6. The van der Waals surface area contributed by atoms with Crippen molar-refractivity contribution in [3.05, 3.63) is 64.6 Å². The third kappa shape index (κ3) is 2.56. The Morgan fingerprint density at radius 3 is 2.48 bits per heavy atom. The van der Waals surface area contributed by atoms with Crippen LogP contribution < -0.4 is 5.06 Å². The molecule has 5 nitrogen and oxygen atoms in total. The fraction of sp³-hybridized carbons (Fsp3) is 0.263. The molecule has 2 aromatic carbocycles. The van der Waals surface area contributed by atoms with E-state index in [4.69, 9.17) is 4.84 Å². The Kier molecular flexibility index (Phi) is 4.09. The summed E-state index contributed by atoms with van der Waals surface area (Å²) in [5.74, 6) is -0.959. The number of rotatable bonds is 3. The van der Waals surface area contributed by atoms with Gasteiger partial charge in [-0.3, -0.25) is 19.3 Å². The lowest BCUT2D eigenvalue weighted by molar-refractivity contribution is -0.142. The number of benzene rings is 2. The summed E-state index contributed by atoms with van der Waals surface area (Å²) >= 11 is 3.49. The monoisotopic (exact) mass is 400 g/mol. The zero-order chi connectivity index (χ0) is 17.6. The fourth-order valence-corrected chi connectivity index (χ4v) is 4.03. The number of hydroxylamine groups is 1. The standard InChI is InChI=1S/C19H17BrN2O3/c1-2-21-18(23)15-16(12-7-6-8-13(20)11-12)22(25-17(15)19(21)24)14-9-4-3-5-10-14/h3-11,15-17H,2H2,1H3/t15-,16-,17-/m0/s1. The van der Waals surface area contributed by atoms with Crippen molar-refractivity contribution >= 4 is 33.4 Å². The molecule has 0 aliphatic carbocycles. The highest BCUT2D eigenvalue weighted by Gasteiger charge is 2.59. The summed E-state index contributed by atoms with van der Waals surface area (Å²) in [6.45, 7) is 2.17. The molecule has 2 aliphatic rings. The van der Waals surface area contributed by atoms with Gasteiger partial charge in [-0.2, -0.15) is 0 Å². The van der Waals surface area contributed by atoms with Crippen molar-refractivity contribution in [2.45, 2.75) is 19.1 Å². The van der Waals surface area contributed by atoms with Crippen LogP contribution in [0.2, 0.25) is 0 Å². The van der Waals surface area contributed by atoms with Gasteiger partial charge >= 0.3 is 0 Å². The van der Waals surface area contributed by atoms with Crippen LogP contribution in [0, 0.1) is 5.92 Å². The van der Waals surface area contributed by atoms with Crippen LogP contribution in [-0.2, 0) is 14.4 Å². The molecule has 2 saturated heterocycles. The smallest absolute Gasteiger partial charge is 0.261 e. The predicted molar refractivity (Wildman–Crippen MR) is 96.6 cm³/mol. The maximum Gasteiger partial charge on any atom is 0.261 e. The van der Waals surface area contributed by atoms with E-state index < -0.39 is 12.0 Å². The normalized spacial score (nSPS) is 25.6. The second kappa shape index (κ2) is 6.28. The summed E-state index contributed by atoms with van der Waals surface area (Å²) in [6, 6.07) is 17.0. The largest absolute Gasteiger partial charge is 0.280 e. The van der Waals surface area contributed by atoms with E-state index in [9.17, 15) is 9.59 Å². The van der Waals surface area contributed by atoms with Gasteiger partial charge < -0.3 is 0 Å². The first-order valence-corrected chi connectivity index (χ1v) is 9.03. The molecule has 3 atom stereocenters. The van der Waals surface area contributed by atoms with E-state index >= 15 is 0 Å². The highest BCUT2D eigenvalue weighted by molar-refractivity contribution is 9.10. The number of anilines is 1. The SMILES string of the molecule is CCN1C(=O)[C@@H]2[C@H](ON(c3ccccc3)[C@H]2c2cccc(Br)c2)C1=O. The summed E-state index contributed by atoms with van der Waals surface area (Å²) in [5, 5.41) is 1.71. The Bertz CT molecular complexity index is 826. The van der Waals surface area contributed by atoms with Gasteiger partial charge in [-0.15, -0.1) is 0 Å². The van der Waals surface area contributed by atoms with Crippen LogP contribution in [0.25, 0.3) is 0 Å². The average Bonchev–Trinajstić information content (AvgIpc) is 3.12. The number of halogens is 1. The molecule has 2 aromatic rings. The van der Waals surface area contributed by atoms with Crippen LogP contribution in [-0.4, -0.2) is 29.4 Å². The molecular formula is C19H17BrN2O3. The maximum atomic E-state index is 12.9. The van der Waals surface area contributed by atoms with E-state index in [1.54, 1.807) is 12.0 Å². The van der Waals surface area contributed by atoms with Crippen LogP contribution in [0.4, 0.5) is 5.69 Å². The first-order valence-electron chi connectivity index (χ1n) is 8.23. The second-order valence-corrected chi connectivity index (χ2v) is 7.05. The zero-order valence-corrected chi connectivity index (χ0v) is 15.2. The third-order valence-electron chi connectivity index (χ3n) is 4.72. The van der Waals surface area contributed by atoms with Crippen LogP contribution in [0.15, 0.2) is 59.1 Å². The van der Waals surface area contributed by atoms with Gasteiger partial charge in [-0.05, 0) is 36.8 Å². The Morgan fingerprint density at radius 1 is 1.04 bits per heavy atom. The molecule has 2 fully saturated rings. The molecule has 0 bridgehead atoms. The lowest BCUT2D eigenvalue weighted by Crippen LogP contribution is -2.37. The molecule has 0 unspecified atom stereocenters. The highest BCUT2D eigenvalue weighted by Crippen LogP contribution is 2.46. The van der Waals surface area contributed by atoms with E-state index in [1.165, 1.54) is 4.90 Å². The first kappa shape index (κ1) is 16.3. The number of carbonyl (C=O) groups is 2. The number of likely N-dealkylation sites (tertiary alicyclic amines) is 1. The van der Waals surface area contributed by atoms with Crippen LogP contribution in [0.3, 0.4) is 0 Å². The average molecular weight is 401 g/mol. The highest BCUT2D eigenvalue weighted by atomic mass is 79.9. The van der Waals surface area contributed by atoms with Crippen molar-refractivity contribution < 1.29 is 14.4 Å². The Hall–Kier alpha value is -2.18. The Balaban J connectivity index is 1.82. The maximum absolute atomic E-state index is 12.9. The molecule has 0 spiro atoms. The van der Waals surface area contributed by atoms with Crippen molar-refractivity contribution in [3.63, 3.8) is 0 Å². The molecule has 25 heavy (non-hydrogen) atoms. The third-order valence-corrected chi connectivity index (χ3v) is 5.22. The number of carbonyl (C=O) groups excluding carboxylic acids is 2. The second-order valence-electron chi connectivity index (χ2n) is 6.13. The van der Waals surface area contributed by atoms with Gasteiger partial charge in [0.1, 0.15) is 5.92 Å². The lowest BCUT2D eigenvalue weighted by atomic mass is 9.90. The first-order chi connectivity index (χ1) is 12.1. The van der Waals surface area contributed by atoms with Gasteiger partial charge in [0.15, 0.2) is 6.10 Å². The molecule has 2 amide bonds. The van der Waals surface area contributed by atoms with Crippen molar-refractivity contribution in [1.82, 2.24) is 4.90 Å². The minimum absolute atomic E-state index is 0.166. The topological polar surface area (TPSA) is 49.9 Å². The van der Waals surface area contributed by atoms with Gasteiger partial charge in [-0.1, -0.05) is 46.3 Å². The molecule has 0 aromatic heterocycles. The summed E-state index contributed by atoms with van der Waals surface area (Å²) in [7, 11) is 0. The number of hydrogen-bond donors (Lipinski definition) is 0. The van der Waals surface area contributed by atoms with Gasteiger partial charge in [0, 0.05) is 11.0 Å². The number of para-hydroxylation sites is 1. The van der Waals surface area contributed by atoms with Crippen LogP contribution in [0.1, 0.15) is 18.5 Å². The van der Waals surface area contributed by atoms with Gasteiger partial charge in [-0.25, -0.2) is 5.06 Å². The molecule has 2 aliphatic heterocycles. The van der Waals surface area contributed by atoms with E-state index in [1.807, 2.05) is 54.6 Å². The number of imide groups is 1. The number of amides is 2. The summed E-state index contributed by atoms with van der Waals surface area (Å²) in [4.78, 5) is 32.7. The lowest BCUT2D eigenvalue weighted by Gasteiger charge is -2.28. The van der Waals surface area contributed by atoms with Crippen LogP contribution in [0.5, 0.6) is 0 Å². The van der Waals surface area contributed by atoms with E-state index in [0.29, 0.717) is 6.54 Å². The molecular weight excluding hydrogens is 384 g/mol. The van der Waals surface area contributed by atoms with Crippen molar-refractivity contribution in [2.75, 3.05) is 11.6 Å². The van der Waals surface area contributed by atoms with Crippen molar-refractivity contribution in [1.29, 1.82) is 0 Å². The van der Waals surface area contributed by atoms with E-state index in [0.717, 1.165) is 15.7 Å². The molecule has 2 heterocycles. The van der Waals surface area contributed by atoms with E-state index in [2.05, 4.69) is 15.9 Å². The van der Waals surface area contributed by atoms with Gasteiger partial charge in [0.25, 0.3) is 5.91 Å². The summed E-state index contributed by atoms with van der Waals surface area (Å²) in [6.07, 6.45) is -0.767. The quantitative estimate of drug-likeness (QED) is 0.741. The van der Waals surface area contributed by atoms with Crippen molar-refractivity contribution in [2.24, 2.45) is 5.92 Å². The van der Waals surface area contributed by atoms with Crippen LogP contribution >= 0.6 is 15.9 Å². The number of likely N-dealkylation sites (N-methyl/N-ethyl adjacent to an activating group) is 1. The predicted octanol–water partition coefficient (Wildman–Crippen LogP) is 3.32. The van der Waals surface area contributed by atoms with Crippen molar-refractivity contribution in [3.8, 4) is 0 Å². The summed E-state index contributed by atoms with van der Waals surface area (Å²) < 4.78 is 0.922. The minimum atomic E-state index is -0.767. The number of fused-ring (bicyclic) bond motifs is 1. The molecule has 128 valence electrons. The molecule has 0 radical (unpaired) electrons. The van der Waals surface area contributed by atoms with Gasteiger partial charge in [0.2, 0.25) is 5.91 Å². The van der Waals surface area contributed by atoms with Gasteiger partial charge in [0.05, 0.1) is 11.7 Å².